The van der Waals surface area contributed by atoms with Crippen LogP contribution < -0.4 is 21.7 Å². The van der Waals surface area contributed by atoms with Crippen molar-refractivity contribution in [3.63, 3.8) is 0 Å². The van der Waals surface area contributed by atoms with E-state index in [0.717, 1.165) is 5.56 Å². The average molecular weight is 361 g/mol. The van der Waals surface area contributed by atoms with E-state index in [1.165, 1.54) is 18.2 Å². The number of phenols is 1. The van der Waals surface area contributed by atoms with Gasteiger partial charge >= 0.3 is 0 Å². The summed E-state index contributed by atoms with van der Waals surface area (Å²) in [5, 5.41) is 10.00. The van der Waals surface area contributed by atoms with E-state index in [1.54, 1.807) is 0 Å². The molecule has 5 N–H and O–H groups in total. The standard InChI is InChI=1S/C17H17ClN4O3/c18-11-6-7-15(23)12(8-11)16(24)21-22-17(25)14-9-13(19-20-14)10-4-2-1-3-5-10/h1-8,13-14,19-20,23H,9H2,(H,21,24)(H,22,25). The summed E-state index contributed by atoms with van der Waals surface area (Å²) in [6.07, 6.45) is 0.536. The third-order valence-corrected chi connectivity index (χ3v) is 4.16. The number of phenolic OH excluding ortho intramolecular Hbond substituents is 1. The second kappa shape index (κ2) is 7.52. The molecule has 2 aromatic rings. The van der Waals surface area contributed by atoms with Crippen LogP contribution in [-0.4, -0.2) is 23.0 Å². The van der Waals surface area contributed by atoms with Crippen LogP contribution in [0.15, 0.2) is 48.5 Å². The van der Waals surface area contributed by atoms with Crippen molar-refractivity contribution >= 4 is 23.4 Å². The Morgan fingerprint density at radius 1 is 1.08 bits per heavy atom. The SMILES string of the molecule is O=C(NNC(=O)C1CC(c2ccccc2)NN1)c1cc(Cl)ccc1O. The first-order valence-electron chi connectivity index (χ1n) is 7.69. The van der Waals surface area contributed by atoms with E-state index < -0.39 is 11.9 Å². The highest BCUT2D eigenvalue weighted by molar-refractivity contribution is 6.31. The maximum absolute atomic E-state index is 12.2. The molecular weight excluding hydrogens is 344 g/mol. The van der Waals surface area contributed by atoms with Gasteiger partial charge in [-0.05, 0) is 30.2 Å². The van der Waals surface area contributed by atoms with Crippen LogP contribution in [0.2, 0.25) is 5.02 Å². The summed E-state index contributed by atoms with van der Waals surface area (Å²) >= 11 is 5.80. The molecule has 0 aromatic heterocycles. The molecule has 1 aliphatic rings. The van der Waals surface area contributed by atoms with Crippen LogP contribution in [0, 0.1) is 0 Å². The van der Waals surface area contributed by atoms with Crippen LogP contribution in [0.1, 0.15) is 28.4 Å². The van der Waals surface area contributed by atoms with Crippen LogP contribution in [0.3, 0.4) is 0 Å². The molecule has 2 amide bonds. The first-order valence-corrected chi connectivity index (χ1v) is 8.07. The quantitative estimate of drug-likeness (QED) is 0.533. The Kier molecular flexibility index (Phi) is 5.18. The van der Waals surface area contributed by atoms with E-state index in [9.17, 15) is 14.7 Å². The zero-order valence-corrected chi connectivity index (χ0v) is 13.9. The molecule has 0 saturated carbocycles. The van der Waals surface area contributed by atoms with Gasteiger partial charge in [-0.2, -0.15) is 0 Å². The Hall–Kier alpha value is -2.61. The molecule has 0 bridgehead atoms. The van der Waals surface area contributed by atoms with Crippen molar-refractivity contribution < 1.29 is 14.7 Å². The molecule has 1 aliphatic heterocycles. The smallest absolute Gasteiger partial charge is 0.273 e. The third-order valence-electron chi connectivity index (χ3n) is 3.92. The Bertz CT molecular complexity index is 785. The van der Waals surface area contributed by atoms with Gasteiger partial charge in [0.05, 0.1) is 5.56 Å². The van der Waals surface area contributed by atoms with Crippen LogP contribution in [0.25, 0.3) is 0 Å². The predicted octanol–water partition coefficient (Wildman–Crippen LogP) is 1.41. The van der Waals surface area contributed by atoms with Crippen LogP contribution in [0.4, 0.5) is 0 Å². The summed E-state index contributed by atoms with van der Waals surface area (Å²) in [7, 11) is 0. The number of nitrogens with one attached hydrogen (secondary N) is 4. The van der Waals surface area contributed by atoms with E-state index in [-0.39, 0.29) is 23.3 Å². The molecule has 2 aromatic carbocycles. The highest BCUT2D eigenvalue weighted by Gasteiger charge is 2.30. The highest BCUT2D eigenvalue weighted by Crippen LogP contribution is 2.22. The van der Waals surface area contributed by atoms with Gasteiger partial charge in [0.25, 0.3) is 11.8 Å². The number of hydrazine groups is 2. The minimum atomic E-state index is -0.654. The van der Waals surface area contributed by atoms with E-state index in [0.29, 0.717) is 11.4 Å². The number of hydrogen-bond donors (Lipinski definition) is 5. The first kappa shape index (κ1) is 17.2. The van der Waals surface area contributed by atoms with Crippen molar-refractivity contribution in [1.82, 2.24) is 21.7 Å². The largest absolute Gasteiger partial charge is 0.507 e. The molecule has 25 heavy (non-hydrogen) atoms. The predicted molar refractivity (Wildman–Crippen MR) is 92.6 cm³/mol. The second-order valence-corrected chi connectivity index (χ2v) is 6.08. The first-order chi connectivity index (χ1) is 12.0. The summed E-state index contributed by atoms with van der Waals surface area (Å²) in [4.78, 5) is 24.2. The second-order valence-electron chi connectivity index (χ2n) is 5.65. The van der Waals surface area contributed by atoms with E-state index >= 15 is 0 Å². The number of amides is 2. The Morgan fingerprint density at radius 3 is 2.60 bits per heavy atom. The molecule has 8 heteroatoms. The molecular formula is C17H17ClN4O3. The minimum absolute atomic E-state index is 0.00428. The maximum atomic E-state index is 12.2. The van der Waals surface area contributed by atoms with E-state index in [1.807, 2.05) is 30.3 Å². The molecule has 3 rings (SSSR count). The topological polar surface area (TPSA) is 102 Å². The van der Waals surface area contributed by atoms with Gasteiger partial charge in [-0.25, -0.2) is 10.9 Å². The fourth-order valence-corrected chi connectivity index (χ4v) is 2.77. The third kappa shape index (κ3) is 4.08. The summed E-state index contributed by atoms with van der Waals surface area (Å²) < 4.78 is 0. The van der Waals surface area contributed by atoms with Crippen molar-refractivity contribution in [2.24, 2.45) is 0 Å². The number of rotatable bonds is 3. The lowest BCUT2D eigenvalue weighted by Crippen LogP contribution is -2.50. The maximum Gasteiger partial charge on any atom is 0.273 e. The molecule has 2 atom stereocenters. The summed E-state index contributed by atoms with van der Waals surface area (Å²) in [6.45, 7) is 0. The average Bonchev–Trinajstić information content (AvgIpc) is 3.12. The van der Waals surface area contributed by atoms with Crippen LogP contribution in [0.5, 0.6) is 5.75 Å². The van der Waals surface area contributed by atoms with Crippen LogP contribution in [-0.2, 0) is 4.79 Å². The summed E-state index contributed by atoms with van der Waals surface area (Å²) in [5.41, 5.74) is 11.6. The molecule has 1 fully saturated rings. The van der Waals surface area contributed by atoms with Gasteiger partial charge in [0.15, 0.2) is 0 Å². The Labute approximate surface area is 149 Å². The number of aromatic hydroxyl groups is 1. The molecule has 1 heterocycles. The number of hydrogen-bond acceptors (Lipinski definition) is 5. The molecule has 130 valence electrons. The minimum Gasteiger partial charge on any atom is -0.507 e. The Balaban J connectivity index is 1.55. The molecule has 2 unspecified atom stereocenters. The molecule has 0 radical (unpaired) electrons. The van der Waals surface area contributed by atoms with Gasteiger partial charge in [-0.3, -0.25) is 20.4 Å². The molecule has 1 saturated heterocycles. The lowest BCUT2D eigenvalue weighted by atomic mass is 10.0. The molecule has 7 nitrogen and oxygen atoms in total. The molecule has 0 spiro atoms. The van der Waals surface area contributed by atoms with Gasteiger partial charge < -0.3 is 5.11 Å². The van der Waals surface area contributed by atoms with Crippen molar-refractivity contribution in [1.29, 1.82) is 0 Å². The number of benzene rings is 2. The van der Waals surface area contributed by atoms with Crippen molar-refractivity contribution in [3.8, 4) is 5.75 Å². The lowest BCUT2D eigenvalue weighted by molar-refractivity contribution is -0.123. The van der Waals surface area contributed by atoms with E-state index in [2.05, 4.69) is 21.7 Å². The van der Waals surface area contributed by atoms with Gasteiger partial charge in [-0.15, -0.1) is 0 Å². The van der Waals surface area contributed by atoms with E-state index in [4.69, 9.17) is 11.6 Å². The monoisotopic (exact) mass is 360 g/mol. The van der Waals surface area contributed by atoms with Crippen LogP contribution >= 0.6 is 11.6 Å². The van der Waals surface area contributed by atoms with Gasteiger partial charge in [0.1, 0.15) is 11.8 Å². The number of halogens is 1. The van der Waals surface area contributed by atoms with Gasteiger partial charge in [0.2, 0.25) is 0 Å². The highest BCUT2D eigenvalue weighted by atomic mass is 35.5. The number of carbonyl (C=O) groups is 2. The van der Waals surface area contributed by atoms with Crippen molar-refractivity contribution in [3.05, 3.63) is 64.7 Å². The Morgan fingerprint density at radius 2 is 1.84 bits per heavy atom. The molecule has 0 aliphatic carbocycles. The zero-order valence-electron chi connectivity index (χ0n) is 13.1. The normalized spacial score (nSPS) is 19.4. The number of carbonyl (C=O) groups excluding carboxylic acids is 2. The zero-order chi connectivity index (χ0) is 17.8. The lowest BCUT2D eigenvalue weighted by Gasteiger charge is -2.12. The fourth-order valence-electron chi connectivity index (χ4n) is 2.60. The van der Waals surface area contributed by atoms with Crippen molar-refractivity contribution in [2.75, 3.05) is 0 Å². The summed E-state index contributed by atoms with van der Waals surface area (Å²) in [6, 6.07) is 13.3. The van der Waals surface area contributed by atoms with Gasteiger partial charge in [-0.1, -0.05) is 41.9 Å². The van der Waals surface area contributed by atoms with Crippen molar-refractivity contribution in [2.45, 2.75) is 18.5 Å². The fraction of sp³-hybridized carbons (Fsp3) is 0.176. The van der Waals surface area contributed by atoms with Gasteiger partial charge in [0, 0.05) is 11.1 Å². The summed E-state index contributed by atoms with van der Waals surface area (Å²) in [5.74, 6) is -1.26.